The van der Waals surface area contributed by atoms with E-state index in [-0.39, 0.29) is 12.3 Å². The van der Waals surface area contributed by atoms with E-state index in [0.717, 1.165) is 18.8 Å². The third kappa shape index (κ3) is 5.21. The number of nitrogens with zero attached hydrogens (tertiary/aromatic N) is 1. The van der Waals surface area contributed by atoms with Gasteiger partial charge in [0.15, 0.2) is 5.78 Å². The summed E-state index contributed by atoms with van der Waals surface area (Å²) in [6.07, 6.45) is 0. The number of urea groups is 1. The molecule has 1 saturated heterocycles. The number of carbonyl (C=O) groups is 2. The van der Waals surface area contributed by atoms with Gasteiger partial charge in [0.25, 0.3) is 0 Å². The van der Waals surface area contributed by atoms with Gasteiger partial charge in [0.05, 0.1) is 26.9 Å². The molecule has 1 aliphatic heterocycles. The molecule has 2 aromatic rings. The predicted octanol–water partition coefficient (Wildman–Crippen LogP) is 2.54. The fourth-order valence-electron chi connectivity index (χ4n) is 2.82. The van der Waals surface area contributed by atoms with Crippen molar-refractivity contribution in [2.75, 3.05) is 50.2 Å². The fourth-order valence-corrected chi connectivity index (χ4v) is 2.82. The molecule has 0 aliphatic carbocycles. The number of ketones is 1. The maximum atomic E-state index is 12.3. The van der Waals surface area contributed by atoms with E-state index in [2.05, 4.69) is 15.5 Å². The molecule has 142 valence electrons. The zero-order valence-corrected chi connectivity index (χ0v) is 15.2. The van der Waals surface area contributed by atoms with Crippen molar-refractivity contribution in [2.24, 2.45) is 0 Å². The monoisotopic (exact) mass is 369 g/mol. The summed E-state index contributed by atoms with van der Waals surface area (Å²) in [5, 5.41) is 5.25. The van der Waals surface area contributed by atoms with E-state index in [1.165, 1.54) is 0 Å². The Balaban J connectivity index is 1.50. The molecule has 3 rings (SSSR count). The van der Waals surface area contributed by atoms with E-state index < -0.39 is 6.03 Å². The number of amides is 2. The fraction of sp³-hybridized carbons (Fsp3) is 0.300. The van der Waals surface area contributed by atoms with E-state index in [0.29, 0.717) is 30.2 Å². The van der Waals surface area contributed by atoms with Crippen LogP contribution in [0.3, 0.4) is 0 Å². The number of benzene rings is 2. The first-order chi connectivity index (χ1) is 13.2. The average Bonchev–Trinajstić information content (AvgIpc) is 2.73. The number of rotatable bonds is 6. The van der Waals surface area contributed by atoms with Gasteiger partial charge in [-0.2, -0.15) is 0 Å². The highest BCUT2D eigenvalue weighted by Crippen LogP contribution is 2.17. The Morgan fingerprint density at radius 2 is 1.85 bits per heavy atom. The molecule has 2 amide bonds. The van der Waals surface area contributed by atoms with Crippen LogP contribution in [0, 0.1) is 0 Å². The smallest absolute Gasteiger partial charge is 0.319 e. The normalized spacial score (nSPS) is 13.7. The van der Waals surface area contributed by atoms with Crippen LogP contribution in [0.15, 0.2) is 48.5 Å². The second kappa shape index (κ2) is 9.05. The molecular formula is C20H23N3O4. The van der Waals surface area contributed by atoms with Crippen molar-refractivity contribution in [3.05, 3.63) is 54.1 Å². The number of anilines is 2. The Bertz CT molecular complexity index is 786. The molecule has 2 aromatic carbocycles. The van der Waals surface area contributed by atoms with E-state index in [1.807, 2.05) is 12.1 Å². The number of morpholine rings is 1. The largest absolute Gasteiger partial charge is 0.497 e. The molecule has 0 spiro atoms. The Labute approximate surface area is 158 Å². The van der Waals surface area contributed by atoms with Gasteiger partial charge in [0.1, 0.15) is 5.75 Å². The first-order valence-corrected chi connectivity index (χ1v) is 8.80. The number of Topliss-reactive ketones (excluding diaryl/α,β-unsaturated/α-hetero) is 1. The van der Waals surface area contributed by atoms with E-state index >= 15 is 0 Å². The number of hydrogen-bond acceptors (Lipinski definition) is 5. The maximum absolute atomic E-state index is 12.3. The molecule has 7 heteroatoms. The van der Waals surface area contributed by atoms with E-state index in [1.54, 1.807) is 43.5 Å². The van der Waals surface area contributed by atoms with Gasteiger partial charge in [0.2, 0.25) is 0 Å². The molecule has 1 aliphatic rings. The highest BCUT2D eigenvalue weighted by atomic mass is 16.5. The van der Waals surface area contributed by atoms with Crippen molar-refractivity contribution >= 4 is 23.2 Å². The lowest BCUT2D eigenvalue weighted by Crippen LogP contribution is -2.36. The third-order valence-corrected chi connectivity index (χ3v) is 4.30. The number of methoxy groups -OCH3 is 1. The standard InChI is InChI=1S/C20H23N3O4/c1-26-18-4-2-3-16(13-18)22-20(25)21-14-19(24)15-5-7-17(8-6-15)23-9-11-27-12-10-23/h2-8,13H,9-12,14H2,1H3,(H2,21,22,25). The molecule has 0 radical (unpaired) electrons. The summed E-state index contributed by atoms with van der Waals surface area (Å²) in [6.45, 7) is 3.05. The molecule has 1 fully saturated rings. The lowest BCUT2D eigenvalue weighted by Gasteiger charge is -2.28. The second-order valence-electron chi connectivity index (χ2n) is 6.11. The van der Waals surface area contributed by atoms with Crippen molar-refractivity contribution in [3.63, 3.8) is 0 Å². The molecule has 7 nitrogen and oxygen atoms in total. The molecule has 0 bridgehead atoms. The summed E-state index contributed by atoms with van der Waals surface area (Å²) in [5.41, 5.74) is 2.22. The summed E-state index contributed by atoms with van der Waals surface area (Å²) in [5.74, 6) is 0.494. The maximum Gasteiger partial charge on any atom is 0.319 e. The van der Waals surface area contributed by atoms with Crippen LogP contribution in [0.5, 0.6) is 5.75 Å². The SMILES string of the molecule is COc1cccc(NC(=O)NCC(=O)c2ccc(N3CCOCC3)cc2)c1. The van der Waals surface area contributed by atoms with Crippen molar-refractivity contribution in [3.8, 4) is 5.75 Å². The van der Waals surface area contributed by atoms with Gasteiger partial charge in [-0.1, -0.05) is 6.07 Å². The predicted molar refractivity (Wildman–Crippen MR) is 104 cm³/mol. The molecule has 0 unspecified atom stereocenters. The second-order valence-corrected chi connectivity index (χ2v) is 6.11. The number of carbonyl (C=O) groups excluding carboxylic acids is 2. The molecule has 0 saturated carbocycles. The van der Waals surface area contributed by atoms with Crippen LogP contribution in [0.1, 0.15) is 10.4 Å². The van der Waals surface area contributed by atoms with Gasteiger partial charge in [-0.25, -0.2) is 4.79 Å². The minimum Gasteiger partial charge on any atom is -0.497 e. The zero-order chi connectivity index (χ0) is 19.1. The van der Waals surface area contributed by atoms with Crippen molar-refractivity contribution in [2.45, 2.75) is 0 Å². The Hall–Kier alpha value is -3.06. The third-order valence-electron chi connectivity index (χ3n) is 4.30. The zero-order valence-electron chi connectivity index (χ0n) is 15.2. The number of nitrogens with one attached hydrogen (secondary N) is 2. The topological polar surface area (TPSA) is 79.9 Å². The minimum absolute atomic E-state index is 0.0767. The van der Waals surface area contributed by atoms with Gasteiger partial charge in [-0.3, -0.25) is 4.79 Å². The number of hydrogen-bond donors (Lipinski definition) is 2. The Morgan fingerprint density at radius 3 is 2.56 bits per heavy atom. The molecule has 0 atom stereocenters. The molecule has 1 heterocycles. The van der Waals surface area contributed by atoms with E-state index in [4.69, 9.17) is 9.47 Å². The quantitative estimate of drug-likeness (QED) is 0.765. The lowest BCUT2D eigenvalue weighted by molar-refractivity contribution is 0.0993. The van der Waals surface area contributed by atoms with E-state index in [9.17, 15) is 9.59 Å². The van der Waals surface area contributed by atoms with Gasteiger partial charge in [0, 0.05) is 36.1 Å². The van der Waals surface area contributed by atoms with Gasteiger partial charge >= 0.3 is 6.03 Å². The van der Waals surface area contributed by atoms with Crippen LogP contribution in [0.4, 0.5) is 16.2 Å². The van der Waals surface area contributed by atoms with Crippen LogP contribution in [0.2, 0.25) is 0 Å². The van der Waals surface area contributed by atoms with Gasteiger partial charge < -0.3 is 25.0 Å². The Kier molecular flexibility index (Phi) is 6.27. The molecule has 27 heavy (non-hydrogen) atoms. The van der Waals surface area contributed by atoms with Crippen LogP contribution < -0.4 is 20.3 Å². The highest BCUT2D eigenvalue weighted by Gasteiger charge is 2.13. The molecule has 0 aromatic heterocycles. The summed E-state index contributed by atoms with van der Waals surface area (Å²) >= 11 is 0. The highest BCUT2D eigenvalue weighted by molar-refractivity contribution is 6.00. The first-order valence-electron chi connectivity index (χ1n) is 8.80. The van der Waals surface area contributed by atoms with Gasteiger partial charge in [-0.05, 0) is 36.4 Å². The summed E-state index contributed by atoms with van der Waals surface area (Å²) in [4.78, 5) is 26.5. The van der Waals surface area contributed by atoms with Crippen LogP contribution >= 0.6 is 0 Å². The van der Waals surface area contributed by atoms with Crippen LogP contribution in [-0.2, 0) is 4.74 Å². The van der Waals surface area contributed by atoms with Crippen LogP contribution in [-0.4, -0.2) is 51.8 Å². The number of ether oxygens (including phenoxy) is 2. The van der Waals surface area contributed by atoms with Crippen molar-refractivity contribution in [1.82, 2.24) is 5.32 Å². The lowest BCUT2D eigenvalue weighted by atomic mass is 10.1. The van der Waals surface area contributed by atoms with Gasteiger partial charge in [-0.15, -0.1) is 0 Å². The van der Waals surface area contributed by atoms with Crippen molar-refractivity contribution < 1.29 is 19.1 Å². The average molecular weight is 369 g/mol. The summed E-state index contributed by atoms with van der Waals surface area (Å²) in [6, 6.07) is 14.0. The Morgan fingerprint density at radius 1 is 1.11 bits per heavy atom. The van der Waals surface area contributed by atoms with Crippen LogP contribution in [0.25, 0.3) is 0 Å². The summed E-state index contributed by atoms with van der Waals surface area (Å²) in [7, 11) is 1.56. The summed E-state index contributed by atoms with van der Waals surface area (Å²) < 4.78 is 10.5. The first kappa shape index (κ1) is 18.7. The molecular weight excluding hydrogens is 346 g/mol. The molecule has 2 N–H and O–H groups in total. The van der Waals surface area contributed by atoms with Crippen molar-refractivity contribution in [1.29, 1.82) is 0 Å². The minimum atomic E-state index is -0.443.